The first-order chi connectivity index (χ1) is 13.0. The molecular formula is C21H24IN3O2. The molecule has 0 radical (unpaired) electrons. The van der Waals surface area contributed by atoms with Gasteiger partial charge in [-0.15, -0.1) is 0 Å². The van der Waals surface area contributed by atoms with E-state index in [2.05, 4.69) is 32.8 Å². The average Bonchev–Trinajstić information content (AvgIpc) is 2.64. The second-order valence-corrected chi connectivity index (χ2v) is 8.06. The first kappa shape index (κ1) is 19.8. The third-order valence-corrected chi connectivity index (χ3v) is 5.47. The van der Waals surface area contributed by atoms with Crippen molar-refractivity contribution in [2.75, 3.05) is 38.0 Å². The molecule has 5 nitrogen and oxygen atoms in total. The van der Waals surface area contributed by atoms with E-state index in [1.54, 1.807) is 0 Å². The Kier molecular flexibility index (Phi) is 6.84. The van der Waals surface area contributed by atoms with Crippen LogP contribution >= 0.6 is 22.6 Å². The quantitative estimate of drug-likeness (QED) is 0.675. The number of hydrogen-bond acceptors (Lipinski definition) is 3. The molecular weight excluding hydrogens is 453 g/mol. The van der Waals surface area contributed by atoms with Crippen LogP contribution in [-0.4, -0.2) is 54.3 Å². The van der Waals surface area contributed by atoms with Crippen molar-refractivity contribution in [3.05, 3.63) is 63.2 Å². The highest BCUT2D eigenvalue weighted by molar-refractivity contribution is 14.1. The lowest BCUT2D eigenvalue weighted by Gasteiger charge is -2.34. The number of amides is 2. The van der Waals surface area contributed by atoms with Crippen molar-refractivity contribution in [1.82, 2.24) is 9.80 Å². The smallest absolute Gasteiger partial charge is 0.238 e. The second kappa shape index (κ2) is 9.32. The zero-order valence-electron chi connectivity index (χ0n) is 15.5. The molecule has 27 heavy (non-hydrogen) atoms. The Morgan fingerprint density at radius 2 is 1.78 bits per heavy atom. The molecule has 1 heterocycles. The molecule has 0 saturated carbocycles. The van der Waals surface area contributed by atoms with Crippen molar-refractivity contribution in [1.29, 1.82) is 0 Å². The fourth-order valence-corrected chi connectivity index (χ4v) is 3.75. The van der Waals surface area contributed by atoms with Gasteiger partial charge >= 0.3 is 0 Å². The van der Waals surface area contributed by atoms with E-state index >= 15 is 0 Å². The summed E-state index contributed by atoms with van der Waals surface area (Å²) in [7, 11) is 0. The molecule has 1 fully saturated rings. The maximum atomic E-state index is 12.5. The van der Waals surface area contributed by atoms with Gasteiger partial charge in [-0.2, -0.15) is 0 Å². The van der Waals surface area contributed by atoms with Crippen LogP contribution in [0, 0.1) is 10.5 Å². The molecule has 142 valence electrons. The molecule has 0 unspecified atom stereocenters. The summed E-state index contributed by atoms with van der Waals surface area (Å²) in [5.41, 5.74) is 3.05. The number of benzene rings is 2. The molecule has 0 bridgehead atoms. The Morgan fingerprint density at radius 3 is 2.48 bits per heavy atom. The Balaban J connectivity index is 1.45. The van der Waals surface area contributed by atoms with Gasteiger partial charge in [0.1, 0.15) is 0 Å². The Bertz CT molecular complexity index is 817. The van der Waals surface area contributed by atoms with Gasteiger partial charge in [0.25, 0.3) is 0 Å². The molecule has 1 aliphatic heterocycles. The number of halogens is 1. The predicted octanol–water partition coefficient (Wildman–Crippen LogP) is 2.93. The van der Waals surface area contributed by atoms with Crippen molar-refractivity contribution < 1.29 is 9.59 Å². The van der Waals surface area contributed by atoms with Crippen LogP contribution in [-0.2, 0) is 16.0 Å². The van der Waals surface area contributed by atoms with Crippen LogP contribution in [0.2, 0.25) is 0 Å². The largest absolute Gasteiger partial charge is 0.340 e. The maximum Gasteiger partial charge on any atom is 0.238 e. The third kappa shape index (κ3) is 5.77. The number of carbonyl (C=O) groups is 2. The molecule has 6 heteroatoms. The van der Waals surface area contributed by atoms with Crippen molar-refractivity contribution in [3.8, 4) is 0 Å². The summed E-state index contributed by atoms with van der Waals surface area (Å²) in [6, 6.07) is 15.8. The van der Waals surface area contributed by atoms with Crippen molar-refractivity contribution >= 4 is 40.1 Å². The lowest BCUT2D eigenvalue weighted by Crippen LogP contribution is -2.50. The van der Waals surface area contributed by atoms with Gasteiger partial charge in [-0.25, -0.2) is 0 Å². The Hall–Kier alpha value is -1.93. The van der Waals surface area contributed by atoms with E-state index in [1.807, 2.05) is 60.4 Å². The summed E-state index contributed by atoms with van der Waals surface area (Å²) in [5.74, 6) is 0.143. The van der Waals surface area contributed by atoms with Crippen LogP contribution in [0.15, 0.2) is 48.5 Å². The SMILES string of the molecule is Cc1ccccc1CC(=O)N1CCN(CC(=O)Nc2cccc(I)c2)CC1. The van der Waals surface area contributed by atoms with E-state index in [9.17, 15) is 9.59 Å². The van der Waals surface area contributed by atoms with E-state index in [4.69, 9.17) is 0 Å². The number of aryl methyl sites for hydroxylation is 1. The van der Waals surface area contributed by atoms with Gasteiger partial charge in [-0.1, -0.05) is 30.3 Å². The number of rotatable bonds is 5. The van der Waals surface area contributed by atoms with Gasteiger partial charge in [0.2, 0.25) is 11.8 Å². The normalized spacial score (nSPS) is 14.8. The summed E-state index contributed by atoms with van der Waals surface area (Å²) in [4.78, 5) is 28.8. The summed E-state index contributed by atoms with van der Waals surface area (Å²) < 4.78 is 1.09. The molecule has 2 aromatic rings. The first-order valence-electron chi connectivity index (χ1n) is 9.11. The lowest BCUT2D eigenvalue weighted by atomic mass is 10.1. The zero-order valence-corrected chi connectivity index (χ0v) is 17.6. The third-order valence-electron chi connectivity index (χ3n) is 4.80. The lowest BCUT2D eigenvalue weighted by molar-refractivity contribution is -0.132. The summed E-state index contributed by atoms with van der Waals surface area (Å²) in [6.45, 7) is 5.17. The van der Waals surface area contributed by atoms with Gasteiger partial charge in [0.05, 0.1) is 13.0 Å². The molecule has 2 amide bonds. The second-order valence-electron chi connectivity index (χ2n) is 6.82. The van der Waals surface area contributed by atoms with Crippen molar-refractivity contribution in [2.45, 2.75) is 13.3 Å². The van der Waals surface area contributed by atoms with Gasteiger partial charge in [0.15, 0.2) is 0 Å². The minimum absolute atomic E-state index is 0.0170. The Labute approximate surface area is 173 Å². The molecule has 1 aliphatic rings. The highest BCUT2D eigenvalue weighted by Gasteiger charge is 2.22. The maximum absolute atomic E-state index is 12.5. The van der Waals surface area contributed by atoms with Crippen LogP contribution in [0.4, 0.5) is 5.69 Å². The van der Waals surface area contributed by atoms with E-state index in [0.29, 0.717) is 26.1 Å². The molecule has 1 saturated heterocycles. The molecule has 3 rings (SSSR count). The predicted molar refractivity (Wildman–Crippen MR) is 116 cm³/mol. The summed E-state index contributed by atoms with van der Waals surface area (Å²) in [5, 5.41) is 2.94. The van der Waals surface area contributed by atoms with Crippen LogP contribution in [0.1, 0.15) is 11.1 Å². The minimum Gasteiger partial charge on any atom is -0.340 e. The van der Waals surface area contributed by atoms with E-state index in [0.717, 1.165) is 33.5 Å². The van der Waals surface area contributed by atoms with Gasteiger partial charge in [-0.05, 0) is 58.8 Å². The minimum atomic E-state index is -0.0170. The van der Waals surface area contributed by atoms with E-state index < -0.39 is 0 Å². The number of carbonyl (C=O) groups excluding carboxylic acids is 2. The van der Waals surface area contributed by atoms with Crippen molar-refractivity contribution in [3.63, 3.8) is 0 Å². The summed E-state index contributed by atoms with van der Waals surface area (Å²) >= 11 is 2.23. The monoisotopic (exact) mass is 477 g/mol. The fourth-order valence-electron chi connectivity index (χ4n) is 3.21. The molecule has 0 atom stereocenters. The highest BCUT2D eigenvalue weighted by atomic mass is 127. The van der Waals surface area contributed by atoms with Gasteiger partial charge in [-0.3, -0.25) is 14.5 Å². The molecule has 0 spiro atoms. The summed E-state index contributed by atoms with van der Waals surface area (Å²) in [6.07, 6.45) is 0.444. The van der Waals surface area contributed by atoms with Crippen LogP contribution in [0.25, 0.3) is 0 Å². The van der Waals surface area contributed by atoms with Gasteiger partial charge < -0.3 is 10.2 Å². The molecule has 0 aromatic heterocycles. The highest BCUT2D eigenvalue weighted by Crippen LogP contribution is 2.13. The van der Waals surface area contributed by atoms with Crippen LogP contribution in [0.3, 0.4) is 0 Å². The number of piperazine rings is 1. The van der Waals surface area contributed by atoms with Crippen molar-refractivity contribution in [2.24, 2.45) is 0 Å². The van der Waals surface area contributed by atoms with E-state index in [-0.39, 0.29) is 11.8 Å². The number of nitrogens with zero attached hydrogens (tertiary/aromatic N) is 2. The topological polar surface area (TPSA) is 52.7 Å². The number of anilines is 1. The van der Waals surface area contributed by atoms with Crippen LogP contribution in [0.5, 0.6) is 0 Å². The molecule has 1 N–H and O–H groups in total. The standard InChI is InChI=1S/C21H24IN3O2/c1-16-5-2-3-6-17(16)13-21(27)25-11-9-24(10-12-25)15-20(26)23-19-8-4-7-18(22)14-19/h2-8,14H,9-13,15H2,1H3,(H,23,26). The fraction of sp³-hybridized carbons (Fsp3) is 0.333. The average molecular weight is 477 g/mol. The Morgan fingerprint density at radius 1 is 1.04 bits per heavy atom. The van der Waals surface area contributed by atoms with E-state index in [1.165, 1.54) is 0 Å². The first-order valence-corrected chi connectivity index (χ1v) is 10.2. The number of nitrogens with one attached hydrogen (secondary N) is 1. The van der Waals surface area contributed by atoms with Crippen LogP contribution < -0.4 is 5.32 Å². The molecule has 0 aliphatic carbocycles. The number of hydrogen-bond donors (Lipinski definition) is 1. The van der Waals surface area contributed by atoms with Gasteiger partial charge in [0, 0.05) is 35.4 Å². The molecule has 2 aromatic carbocycles. The zero-order chi connectivity index (χ0) is 19.2.